The zero-order valence-corrected chi connectivity index (χ0v) is 16.0. The van der Waals surface area contributed by atoms with Crippen molar-refractivity contribution in [2.24, 2.45) is 0 Å². The first-order valence-electron chi connectivity index (χ1n) is 9.29. The molecule has 1 aliphatic heterocycles. The number of carbonyl (C=O) groups is 1. The molecule has 0 saturated carbocycles. The largest absolute Gasteiger partial charge is 0.427 e. The number of aliphatic hydroxyl groups excluding tert-OH is 3. The van der Waals surface area contributed by atoms with Crippen LogP contribution in [0.3, 0.4) is 0 Å². The number of carbonyl (C=O) groups excluding carboxylic acids is 1. The number of nitrogens with zero attached hydrogens (tertiary/aromatic N) is 4. The Labute approximate surface area is 170 Å². The van der Waals surface area contributed by atoms with Crippen LogP contribution < -0.4 is 10.1 Å². The number of rotatable bonds is 6. The highest BCUT2D eigenvalue weighted by molar-refractivity contribution is 5.82. The van der Waals surface area contributed by atoms with Gasteiger partial charge in [0.05, 0.1) is 12.9 Å². The second-order valence-electron chi connectivity index (χ2n) is 6.87. The second-order valence-corrected chi connectivity index (χ2v) is 6.87. The van der Waals surface area contributed by atoms with E-state index in [1.165, 1.54) is 24.1 Å². The Morgan fingerprint density at radius 1 is 1.20 bits per heavy atom. The van der Waals surface area contributed by atoms with Crippen LogP contribution in [0.25, 0.3) is 11.2 Å². The molecule has 158 valence electrons. The molecule has 1 aliphatic rings. The van der Waals surface area contributed by atoms with Gasteiger partial charge in [-0.25, -0.2) is 15.0 Å². The number of aromatic nitrogens is 4. The predicted molar refractivity (Wildman–Crippen MR) is 103 cm³/mol. The van der Waals surface area contributed by atoms with Gasteiger partial charge in [0.25, 0.3) is 0 Å². The molecular formula is C19H21N5O6. The summed E-state index contributed by atoms with van der Waals surface area (Å²) < 4.78 is 12.1. The lowest BCUT2D eigenvalue weighted by Gasteiger charge is -2.16. The minimum absolute atomic E-state index is 0.381. The first-order valence-corrected chi connectivity index (χ1v) is 9.29. The second kappa shape index (κ2) is 8.32. The van der Waals surface area contributed by atoms with Gasteiger partial charge in [-0.05, 0) is 17.7 Å². The van der Waals surface area contributed by atoms with Crippen molar-refractivity contribution in [3.8, 4) is 5.75 Å². The van der Waals surface area contributed by atoms with Crippen LogP contribution in [0.4, 0.5) is 5.82 Å². The fraction of sp³-hybridized carbons (Fsp3) is 0.368. The third-order valence-corrected chi connectivity index (χ3v) is 4.79. The Bertz CT molecular complexity index is 1040. The molecule has 0 bridgehead atoms. The Morgan fingerprint density at radius 2 is 1.97 bits per heavy atom. The molecule has 4 atom stereocenters. The highest BCUT2D eigenvalue weighted by Gasteiger charge is 2.44. The molecule has 1 fully saturated rings. The maximum atomic E-state index is 11.0. The monoisotopic (exact) mass is 415 g/mol. The van der Waals surface area contributed by atoms with E-state index in [-0.39, 0.29) is 5.97 Å². The van der Waals surface area contributed by atoms with Gasteiger partial charge in [0, 0.05) is 13.5 Å². The van der Waals surface area contributed by atoms with Crippen molar-refractivity contribution in [1.29, 1.82) is 0 Å². The minimum Gasteiger partial charge on any atom is -0.427 e. The molecule has 0 amide bonds. The fourth-order valence-corrected chi connectivity index (χ4v) is 3.30. The minimum atomic E-state index is -1.23. The van der Waals surface area contributed by atoms with Gasteiger partial charge in [-0.15, -0.1) is 0 Å². The van der Waals surface area contributed by atoms with E-state index in [1.54, 1.807) is 12.1 Å². The SMILES string of the molecule is CC(=O)Oc1ccc(CNc2ncnc3c2ncn3[C@@H]2O[C@H](CO)[C@@H](O)[C@H]2O)cc1. The number of hydrogen-bond donors (Lipinski definition) is 4. The number of esters is 1. The molecule has 1 aromatic carbocycles. The van der Waals surface area contributed by atoms with Gasteiger partial charge in [0.2, 0.25) is 0 Å². The summed E-state index contributed by atoms with van der Waals surface area (Å²) in [7, 11) is 0. The van der Waals surface area contributed by atoms with E-state index in [2.05, 4.69) is 20.3 Å². The molecule has 11 nitrogen and oxygen atoms in total. The summed E-state index contributed by atoms with van der Waals surface area (Å²) in [5.74, 6) is 0.566. The maximum absolute atomic E-state index is 11.0. The normalized spacial score (nSPS) is 23.6. The average Bonchev–Trinajstić information content (AvgIpc) is 3.28. The lowest BCUT2D eigenvalue weighted by Crippen LogP contribution is -2.33. The zero-order chi connectivity index (χ0) is 21.3. The number of anilines is 1. The van der Waals surface area contributed by atoms with E-state index in [1.807, 2.05) is 12.1 Å². The summed E-state index contributed by atoms with van der Waals surface area (Å²) in [6, 6.07) is 7.04. The van der Waals surface area contributed by atoms with Gasteiger partial charge in [0.1, 0.15) is 30.4 Å². The highest BCUT2D eigenvalue weighted by atomic mass is 16.6. The van der Waals surface area contributed by atoms with Crippen molar-refractivity contribution >= 4 is 23.0 Å². The molecule has 2 aromatic heterocycles. The summed E-state index contributed by atoms with van der Waals surface area (Å²) in [6.07, 6.45) is -1.48. The Hall–Kier alpha value is -3.12. The summed E-state index contributed by atoms with van der Waals surface area (Å²) >= 11 is 0. The molecule has 1 saturated heterocycles. The van der Waals surface area contributed by atoms with E-state index >= 15 is 0 Å². The van der Waals surface area contributed by atoms with Crippen molar-refractivity contribution in [3.05, 3.63) is 42.5 Å². The molecule has 3 aromatic rings. The topological polar surface area (TPSA) is 152 Å². The van der Waals surface area contributed by atoms with E-state index < -0.39 is 31.1 Å². The first-order chi connectivity index (χ1) is 14.5. The van der Waals surface area contributed by atoms with Crippen LogP contribution in [0.15, 0.2) is 36.9 Å². The third kappa shape index (κ3) is 3.83. The van der Waals surface area contributed by atoms with Gasteiger partial charge in [0.15, 0.2) is 23.2 Å². The molecular weight excluding hydrogens is 394 g/mol. The van der Waals surface area contributed by atoms with Crippen LogP contribution in [0.2, 0.25) is 0 Å². The maximum Gasteiger partial charge on any atom is 0.308 e. The number of fused-ring (bicyclic) bond motifs is 1. The van der Waals surface area contributed by atoms with Gasteiger partial charge >= 0.3 is 5.97 Å². The van der Waals surface area contributed by atoms with Crippen LogP contribution in [-0.4, -0.2) is 65.7 Å². The number of hydrogen-bond acceptors (Lipinski definition) is 10. The molecule has 0 spiro atoms. The van der Waals surface area contributed by atoms with Crippen molar-refractivity contribution < 1.29 is 29.6 Å². The van der Waals surface area contributed by atoms with E-state index in [0.29, 0.717) is 29.3 Å². The Balaban J connectivity index is 1.52. The summed E-state index contributed by atoms with van der Waals surface area (Å²) in [4.78, 5) is 23.8. The number of imidazole rings is 1. The summed E-state index contributed by atoms with van der Waals surface area (Å²) in [6.45, 7) is 1.36. The van der Waals surface area contributed by atoms with Crippen LogP contribution in [0, 0.1) is 0 Å². The smallest absolute Gasteiger partial charge is 0.308 e. The molecule has 4 rings (SSSR count). The standard InChI is InChI=1S/C19H21N5O6/c1-10(26)29-12-4-2-11(3-5-12)6-20-17-14-18(22-8-21-17)24(9-23-14)19-16(28)15(27)13(7-25)30-19/h2-5,8-9,13,15-16,19,25,27-28H,6-7H2,1H3,(H,20,21,22)/t13-,15-,16-,19-/m1/s1. The summed E-state index contributed by atoms with van der Waals surface area (Å²) in [5.41, 5.74) is 1.81. The van der Waals surface area contributed by atoms with Crippen LogP contribution in [-0.2, 0) is 16.1 Å². The summed E-state index contributed by atoms with van der Waals surface area (Å²) in [5, 5.41) is 32.7. The Kier molecular flexibility index (Phi) is 5.59. The molecule has 0 unspecified atom stereocenters. The number of aliphatic hydroxyl groups is 3. The fourth-order valence-electron chi connectivity index (χ4n) is 3.30. The van der Waals surface area contributed by atoms with Gasteiger partial charge < -0.3 is 30.1 Å². The molecule has 0 aliphatic carbocycles. The molecule has 11 heteroatoms. The first kappa shape index (κ1) is 20.2. The van der Waals surface area contributed by atoms with Crippen LogP contribution in [0.1, 0.15) is 18.7 Å². The van der Waals surface area contributed by atoms with Crippen molar-refractivity contribution in [3.63, 3.8) is 0 Å². The van der Waals surface area contributed by atoms with Crippen molar-refractivity contribution in [2.75, 3.05) is 11.9 Å². The molecule has 3 heterocycles. The highest BCUT2D eigenvalue weighted by Crippen LogP contribution is 2.32. The van der Waals surface area contributed by atoms with E-state index in [0.717, 1.165) is 5.56 Å². The zero-order valence-electron chi connectivity index (χ0n) is 16.0. The number of benzene rings is 1. The van der Waals surface area contributed by atoms with E-state index in [9.17, 15) is 20.1 Å². The Morgan fingerprint density at radius 3 is 2.63 bits per heavy atom. The van der Waals surface area contributed by atoms with Crippen LogP contribution in [0.5, 0.6) is 5.75 Å². The number of nitrogens with one attached hydrogen (secondary N) is 1. The quantitative estimate of drug-likeness (QED) is 0.319. The number of ether oxygens (including phenoxy) is 2. The van der Waals surface area contributed by atoms with Crippen molar-refractivity contribution in [2.45, 2.75) is 38.0 Å². The van der Waals surface area contributed by atoms with Gasteiger partial charge in [-0.3, -0.25) is 9.36 Å². The van der Waals surface area contributed by atoms with Gasteiger partial charge in [-0.1, -0.05) is 12.1 Å². The molecule has 4 N–H and O–H groups in total. The lowest BCUT2D eigenvalue weighted by molar-refractivity contribution is -0.131. The lowest BCUT2D eigenvalue weighted by atomic mass is 10.1. The predicted octanol–water partition coefficient (Wildman–Crippen LogP) is -0.0248. The third-order valence-electron chi connectivity index (χ3n) is 4.79. The average molecular weight is 415 g/mol. The van der Waals surface area contributed by atoms with Gasteiger partial charge in [-0.2, -0.15) is 0 Å². The molecule has 0 radical (unpaired) electrons. The molecule has 30 heavy (non-hydrogen) atoms. The van der Waals surface area contributed by atoms with E-state index in [4.69, 9.17) is 9.47 Å². The van der Waals surface area contributed by atoms with Crippen LogP contribution >= 0.6 is 0 Å². The van der Waals surface area contributed by atoms with Crippen molar-refractivity contribution in [1.82, 2.24) is 19.5 Å².